The first kappa shape index (κ1) is 18.3. The minimum absolute atomic E-state index is 0.000321. The number of rotatable bonds is 3. The number of carbonyl (C=O) groups is 1. The van der Waals surface area contributed by atoms with E-state index in [0.29, 0.717) is 17.6 Å². The summed E-state index contributed by atoms with van der Waals surface area (Å²) in [5, 5.41) is 8.67. The van der Waals surface area contributed by atoms with Crippen LogP contribution in [0.15, 0.2) is 36.5 Å². The van der Waals surface area contributed by atoms with E-state index in [-0.39, 0.29) is 11.9 Å². The number of hydrogen-bond donors (Lipinski definition) is 1. The second-order valence-corrected chi connectivity index (χ2v) is 8.57. The molecule has 0 radical (unpaired) electrons. The zero-order valence-electron chi connectivity index (χ0n) is 17.2. The number of aromatic nitrogens is 3. The van der Waals surface area contributed by atoms with Crippen LogP contribution in [0.5, 0.6) is 0 Å². The molecule has 29 heavy (non-hydrogen) atoms. The van der Waals surface area contributed by atoms with Crippen molar-refractivity contribution in [3.05, 3.63) is 47.8 Å². The first-order valence-electron chi connectivity index (χ1n) is 10.4. The van der Waals surface area contributed by atoms with Crippen LogP contribution >= 0.6 is 0 Å². The summed E-state index contributed by atoms with van der Waals surface area (Å²) in [6, 6.07) is 11.2. The number of amides is 1. The zero-order chi connectivity index (χ0) is 20.1. The van der Waals surface area contributed by atoms with E-state index in [9.17, 15) is 4.79 Å². The van der Waals surface area contributed by atoms with Crippen LogP contribution in [-0.2, 0) is 7.05 Å². The number of aryl methyl sites for hydroxylation is 2. The summed E-state index contributed by atoms with van der Waals surface area (Å²) in [6.45, 7) is 1.97. The predicted molar refractivity (Wildman–Crippen MR) is 114 cm³/mol. The van der Waals surface area contributed by atoms with E-state index >= 15 is 0 Å². The van der Waals surface area contributed by atoms with Gasteiger partial charge in [-0.15, -0.1) is 0 Å². The summed E-state index contributed by atoms with van der Waals surface area (Å²) < 4.78 is 1.79. The Kier molecular flexibility index (Phi) is 4.39. The van der Waals surface area contributed by atoms with E-state index in [2.05, 4.69) is 22.4 Å². The van der Waals surface area contributed by atoms with Gasteiger partial charge in [0.15, 0.2) is 0 Å². The number of hydrogen-bond acceptors (Lipinski definition) is 4. The average Bonchev–Trinajstić information content (AvgIpc) is 3.13. The molecule has 0 saturated carbocycles. The van der Waals surface area contributed by atoms with Gasteiger partial charge in [0.2, 0.25) is 0 Å². The fraction of sp³-hybridized carbons (Fsp3) is 0.435. The van der Waals surface area contributed by atoms with Crippen molar-refractivity contribution in [2.24, 2.45) is 7.05 Å². The normalized spacial score (nSPS) is 24.2. The molecule has 1 amide bonds. The quantitative estimate of drug-likeness (QED) is 0.747. The zero-order valence-corrected chi connectivity index (χ0v) is 17.2. The number of piperidine rings is 1. The first-order chi connectivity index (χ1) is 14.0. The highest BCUT2D eigenvalue weighted by molar-refractivity contribution is 6.07. The SMILES string of the molecule is Cc1nn(C)cc1-c1cc(C(=O)NC2CC3CCC(C2)N3C)c2ccccc2n1. The Morgan fingerprint density at radius 3 is 2.55 bits per heavy atom. The molecule has 2 saturated heterocycles. The van der Waals surface area contributed by atoms with E-state index in [1.54, 1.807) is 4.68 Å². The summed E-state index contributed by atoms with van der Waals surface area (Å²) in [6.07, 6.45) is 6.53. The molecule has 0 aliphatic carbocycles. The van der Waals surface area contributed by atoms with E-state index in [1.165, 1.54) is 12.8 Å². The molecule has 2 atom stereocenters. The molecule has 0 spiro atoms. The van der Waals surface area contributed by atoms with Crippen molar-refractivity contribution in [3.8, 4) is 11.3 Å². The molecular formula is C23H27N5O. The standard InChI is InChI=1S/C23H27N5O/c1-14-20(13-27(2)26-14)22-12-19(18-6-4-5-7-21(18)25-22)23(29)24-15-10-16-8-9-17(11-15)28(16)3/h4-7,12-13,15-17H,8-11H2,1-3H3,(H,24,29). The Balaban J connectivity index is 1.50. The van der Waals surface area contributed by atoms with Gasteiger partial charge >= 0.3 is 0 Å². The van der Waals surface area contributed by atoms with Gasteiger partial charge in [0.1, 0.15) is 0 Å². The lowest BCUT2D eigenvalue weighted by Gasteiger charge is -2.36. The number of para-hydroxylation sites is 1. The van der Waals surface area contributed by atoms with Gasteiger partial charge in [-0.25, -0.2) is 4.98 Å². The summed E-state index contributed by atoms with van der Waals surface area (Å²) in [7, 11) is 4.12. The van der Waals surface area contributed by atoms with Crippen LogP contribution in [-0.4, -0.2) is 50.7 Å². The van der Waals surface area contributed by atoms with Gasteiger partial charge in [0.05, 0.1) is 22.5 Å². The van der Waals surface area contributed by atoms with Crippen molar-refractivity contribution < 1.29 is 4.79 Å². The molecule has 150 valence electrons. The summed E-state index contributed by atoms with van der Waals surface area (Å²) in [5.74, 6) is 0.000321. The molecule has 1 N–H and O–H groups in total. The lowest BCUT2D eigenvalue weighted by molar-refractivity contribution is 0.0884. The smallest absolute Gasteiger partial charge is 0.252 e. The maximum atomic E-state index is 13.3. The lowest BCUT2D eigenvalue weighted by atomic mass is 9.97. The summed E-state index contributed by atoms with van der Waals surface area (Å²) in [5.41, 5.74) is 4.20. The van der Waals surface area contributed by atoms with E-state index in [4.69, 9.17) is 4.98 Å². The van der Waals surface area contributed by atoms with Gasteiger partial charge in [0, 0.05) is 42.3 Å². The van der Waals surface area contributed by atoms with Crippen molar-refractivity contribution in [2.45, 2.75) is 50.7 Å². The molecule has 2 fully saturated rings. The third kappa shape index (κ3) is 3.21. The number of pyridine rings is 1. The number of carbonyl (C=O) groups excluding carboxylic acids is 1. The molecule has 2 aliphatic heterocycles. The Morgan fingerprint density at radius 2 is 1.86 bits per heavy atom. The van der Waals surface area contributed by atoms with E-state index < -0.39 is 0 Å². The predicted octanol–water partition coefficient (Wildman–Crippen LogP) is 3.30. The van der Waals surface area contributed by atoms with Crippen molar-refractivity contribution in [2.75, 3.05) is 7.05 Å². The summed E-state index contributed by atoms with van der Waals surface area (Å²) in [4.78, 5) is 20.6. The average molecular weight is 390 g/mol. The summed E-state index contributed by atoms with van der Waals surface area (Å²) >= 11 is 0. The third-order valence-electron chi connectivity index (χ3n) is 6.68. The van der Waals surface area contributed by atoms with Crippen LogP contribution < -0.4 is 5.32 Å². The third-order valence-corrected chi connectivity index (χ3v) is 6.68. The number of fused-ring (bicyclic) bond motifs is 3. The Bertz CT molecular complexity index is 1070. The molecule has 3 aromatic rings. The number of nitrogens with zero attached hydrogens (tertiary/aromatic N) is 4. The van der Waals surface area contributed by atoms with Crippen LogP contribution in [0.3, 0.4) is 0 Å². The molecule has 2 unspecified atom stereocenters. The van der Waals surface area contributed by atoms with Gasteiger partial charge in [-0.1, -0.05) is 18.2 Å². The first-order valence-corrected chi connectivity index (χ1v) is 10.4. The molecular weight excluding hydrogens is 362 g/mol. The van der Waals surface area contributed by atoms with Gasteiger partial charge in [0.25, 0.3) is 5.91 Å². The molecule has 2 bridgehead atoms. The second-order valence-electron chi connectivity index (χ2n) is 8.57. The molecule has 1 aromatic carbocycles. The molecule has 6 nitrogen and oxygen atoms in total. The lowest BCUT2D eigenvalue weighted by Crippen LogP contribution is -2.48. The van der Waals surface area contributed by atoms with Crippen LogP contribution in [0.25, 0.3) is 22.2 Å². The van der Waals surface area contributed by atoms with Crippen LogP contribution in [0.1, 0.15) is 41.7 Å². The fourth-order valence-electron chi connectivity index (χ4n) is 5.14. The molecule has 4 heterocycles. The minimum Gasteiger partial charge on any atom is -0.349 e. The van der Waals surface area contributed by atoms with Crippen molar-refractivity contribution >= 4 is 16.8 Å². The molecule has 2 aromatic heterocycles. The van der Waals surface area contributed by atoms with Crippen molar-refractivity contribution in [1.82, 2.24) is 25.0 Å². The van der Waals surface area contributed by atoms with E-state index in [1.807, 2.05) is 50.5 Å². The van der Waals surface area contributed by atoms with Crippen LogP contribution in [0, 0.1) is 6.92 Å². The van der Waals surface area contributed by atoms with E-state index in [0.717, 1.165) is 40.7 Å². The highest BCUT2D eigenvalue weighted by Gasteiger charge is 2.39. The molecule has 2 aliphatic rings. The van der Waals surface area contributed by atoms with Crippen LogP contribution in [0.2, 0.25) is 0 Å². The van der Waals surface area contributed by atoms with Crippen LogP contribution in [0.4, 0.5) is 0 Å². The fourth-order valence-corrected chi connectivity index (χ4v) is 5.14. The highest BCUT2D eigenvalue weighted by atomic mass is 16.1. The molecule has 6 heteroatoms. The minimum atomic E-state index is 0.000321. The highest BCUT2D eigenvalue weighted by Crippen LogP contribution is 2.34. The Labute approximate surface area is 170 Å². The molecule has 5 rings (SSSR count). The van der Waals surface area contributed by atoms with Crippen molar-refractivity contribution in [1.29, 1.82) is 0 Å². The maximum Gasteiger partial charge on any atom is 0.252 e. The van der Waals surface area contributed by atoms with Gasteiger partial charge < -0.3 is 10.2 Å². The number of benzene rings is 1. The van der Waals surface area contributed by atoms with Gasteiger partial charge in [-0.3, -0.25) is 9.48 Å². The second kappa shape index (κ2) is 6.95. The Hall–Kier alpha value is -2.73. The van der Waals surface area contributed by atoms with Crippen molar-refractivity contribution in [3.63, 3.8) is 0 Å². The maximum absolute atomic E-state index is 13.3. The van der Waals surface area contributed by atoms with Gasteiger partial charge in [-0.2, -0.15) is 5.10 Å². The van der Waals surface area contributed by atoms with Gasteiger partial charge in [-0.05, 0) is 51.8 Å². The monoisotopic (exact) mass is 389 g/mol. The Morgan fingerprint density at radius 1 is 1.14 bits per heavy atom. The largest absolute Gasteiger partial charge is 0.349 e. The topological polar surface area (TPSA) is 63.1 Å². The number of nitrogens with one attached hydrogen (secondary N) is 1.